The number of allylic oxidation sites excluding steroid dienone is 3. The van der Waals surface area contributed by atoms with Crippen LogP contribution in [0.1, 0.15) is 19.8 Å². The third-order valence-corrected chi connectivity index (χ3v) is 3.58. The van der Waals surface area contributed by atoms with Crippen LogP contribution in [0.25, 0.3) is 0 Å². The fraction of sp³-hybridized carbons (Fsp3) is 0.500. The number of aliphatic hydroxyl groups is 1. The fourth-order valence-electron chi connectivity index (χ4n) is 1.70. The molecule has 0 aromatic heterocycles. The second-order valence-corrected chi connectivity index (χ2v) is 4.54. The van der Waals surface area contributed by atoms with Gasteiger partial charge in [-0.15, -0.1) is 0 Å². The van der Waals surface area contributed by atoms with Crippen molar-refractivity contribution in [3.05, 3.63) is 23.9 Å². The largest absolute Gasteiger partial charge is 0.373 e. The molecule has 0 saturated carbocycles. The summed E-state index contributed by atoms with van der Waals surface area (Å²) in [7, 11) is 0. The predicted octanol–water partition coefficient (Wildman–Crippen LogP) is 2.10. The van der Waals surface area contributed by atoms with Crippen LogP contribution < -0.4 is 0 Å². The number of hydrogen-bond acceptors (Lipinski definition) is 3. The van der Waals surface area contributed by atoms with Crippen LogP contribution in [0, 0.1) is 0 Å². The summed E-state index contributed by atoms with van der Waals surface area (Å²) in [6, 6.07) is 0. The minimum atomic E-state index is -0.669. The minimum absolute atomic E-state index is 0.0284. The van der Waals surface area contributed by atoms with Crippen LogP contribution in [0.3, 0.4) is 0 Å². The summed E-state index contributed by atoms with van der Waals surface area (Å²) in [6.45, 7) is 1.87. The highest BCUT2D eigenvalue weighted by atomic mass is 32.2. The second-order valence-electron chi connectivity index (χ2n) is 3.39. The summed E-state index contributed by atoms with van der Waals surface area (Å²) in [6.07, 6.45) is 6.70. The maximum absolute atomic E-state index is 11.6. The molecule has 0 aromatic rings. The summed E-state index contributed by atoms with van der Waals surface area (Å²) in [5.74, 6) is 0. The smallest absolute Gasteiger partial charge is 0.288 e. The molecule has 1 amide bonds. The van der Waals surface area contributed by atoms with Gasteiger partial charge in [-0.1, -0.05) is 30.8 Å². The van der Waals surface area contributed by atoms with Crippen LogP contribution in [0.2, 0.25) is 0 Å². The zero-order valence-corrected chi connectivity index (χ0v) is 8.83. The number of nitrogens with zero attached hydrogens (tertiary/aromatic N) is 1. The van der Waals surface area contributed by atoms with E-state index < -0.39 is 6.23 Å². The van der Waals surface area contributed by atoms with Crippen molar-refractivity contribution >= 4 is 17.0 Å². The number of carbonyl (C=O) groups is 1. The van der Waals surface area contributed by atoms with Crippen LogP contribution in [0.4, 0.5) is 4.79 Å². The molecule has 1 aliphatic heterocycles. The van der Waals surface area contributed by atoms with Gasteiger partial charge in [-0.05, 0) is 18.9 Å². The van der Waals surface area contributed by atoms with E-state index in [1.54, 1.807) is 0 Å². The molecule has 2 aliphatic rings. The first kappa shape index (κ1) is 9.80. The molecule has 2 atom stereocenters. The van der Waals surface area contributed by atoms with Crippen molar-refractivity contribution in [2.24, 2.45) is 0 Å². The molecule has 2 unspecified atom stereocenters. The molecule has 1 aliphatic carbocycles. The Morgan fingerprint density at radius 3 is 3.29 bits per heavy atom. The van der Waals surface area contributed by atoms with Gasteiger partial charge >= 0.3 is 0 Å². The number of rotatable bonds is 2. The van der Waals surface area contributed by atoms with Crippen LogP contribution in [0.5, 0.6) is 0 Å². The minimum Gasteiger partial charge on any atom is -0.373 e. The molecule has 0 bridgehead atoms. The van der Waals surface area contributed by atoms with Crippen LogP contribution in [0.15, 0.2) is 23.9 Å². The molecular formula is C10H13NO2S. The Balaban J connectivity index is 2.26. The zero-order chi connectivity index (χ0) is 10.1. The molecule has 2 rings (SSSR count). The van der Waals surface area contributed by atoms with Gasteiger partial charge in [-0.25, -0.2) is 0 Å². The van der Waals surface area contributed by atoms with Gasteiger partial charge < -0.3 is 5.11 Å². The van der Waals surface area contributed by atoms with E-state index in [9.17, 15) is 9.90 Å². The monoisotopic (exact) mass is 211 g/mol. The zero-order valence-electron chi connectivity index (χ0n) is 8.01. The summed E-state index contributed by atoms with van der Waals surface area (Å²) >= 11 is 1.31. The van der Waals surface area contributed by atoms with E-state index in [1.807, 2.05) is 19.1 Å². The Kier molecular flexibility index (Phi) is 2.65. The number of thioether (sulfide) groups is 1. The number of aliphatic hydroxyl groups excluding tert-OH is 1. The van der Waals surface area contributed by atoms with Crippen molar-refractivity contribution in [1.82, 2.24) is 4.90 Å². The Bertz CT molecular complexity index is 311. The molecule has 1 fully saturated rings. The summed E-state index contributed by atoms with van der Waals surface area (Å²) < 4.78 is 0. The standard InChI is InChI=1S/C10H13NO2S/c1-2-9(12)11-7-5-3-4-6-8(7)14-10(11)13/h3-5,8-9,12H,2,6H2,1H3. The van der Waals surface area contributed by atoms with Crippen LogP contribution >= 0.6 is 11.8 Å². The Labute approximate surface area is 87.5 Å². The highest BCUT2D eigenvalue weighted by Crippen LogP contribution is 2.39. The number of fused-ring (bicyclic) bond motifs is 1. The topological polar surface area (TPSA) is 40.5 Å². The van der Waals surface area contributed by atoms with Gasteiger partial charge in [-0.2, -0.15) is 0 Å². The lowest BCUT2D eigenvalue weighted by molar-refractivity contribution is 0.0581. The molecule has 1 N–H and O–H groups in total. The highest BCUT2D eigenvalue weighted by molar-refractivity contribution is 8.14. The maximum Gasteiger partial charge on any atom is 0.288 e. The van der Waals surface area contributed by atoms with Crippen molar-refractivity contribution in [2.75, 3.05) is 0 Å². The van der Waals surface area contributed by atoms with Crippen molar-refractivity contribution in [1.29, 1.82) is 0 Å². The average Bonchev–Trinajstić information content (AvgIpc) is 2.53. The molecule has 1 saturated heterocycles. The lowest BCUT2D eigenvalue weighted by Crippen LogP contribution is -2.34. The molecule has 3 nitrogen and oxygen atoms in total. The van der Waals surface area contributed by atoms with E-state index in [1.165, 1.54) is 16.7 Å². The third kappa shape index (κ3) is 1.48. The Morgan fingerprint density at radius 1 is 1.79 bits per heavy atom. The molecule has 0 radical (unpaired) electrons. The average molecular weight is 211 g/mol. The third-order valence-electron chi connectivity index (χ3n) is 2.46. The van der Waals surface area contributed by atoms with Crippen molar-refractivity contribution in [2.45, 2.75) is 31.2 Å². The van der Waals surface area contributed by atoms with Gasteiger partial charge in [0.15, 0.2) is 0 Å². The lowest BCUT2D eigenvalue weighted by atomic mass is 10.1. The fourth-order valence-corrected chi connectivity index (χ4v) is 2.81. The first-order valence-corrected chi connectivity index (χ1v) is 5.66. The number of carbonyl (C=O) groups excluding carboxylic acids is 1. The van der Waals surface area contributed by atoms with Gasteiger partial charge in [0.05, 0.1) is 5.25 Å². The van der Waals surface area contributed by atoms with Crippen molar-refractivity contribution in [3.63, 3.8) is 0 Å². The highest BCUT2D eigenvalue weighted by Gasteiger charge is 2.38. The first-order valence-electron chi connectivity index (χ1n) is 4.78. The van der Waals surface area contributed by atoms with Gasteiger partial charge in [0.1, 0.15) is 6.23 Å². The quantitative estimate of drug-likeness (QED) is 0.760. The van der Waals surface area contributed by atoms with E-state index in [2.05, 4.69) is 6.08 Å². The van der Waals surface area contributed by atoms with Crippen LogP contribution in [-0.2, 0) is 0 Å². The number of amides is 1. The van der Waals surface area contributed by atoms with E-state index in [0.717, 1.165) is 12.1 Å². The normalized spacial score (nSPS) is 27.6. The summed E-state index contributed by atoms with van der Waals surface area (Å²) in [4.78, 5) is 13.1. The van der Waals surface area contributed by atoms with E-state index in [0.29, 0.717) is 6.42 Å². The van der Waals surface area contributed by atoms with Crippen molar-refractivity contribution < 1.29 is 9.90 Å². The second kappa shape index (κ2) is 3.79. The molecule has 0 spiro atoms. The summed E-state index contributed by atoms with van der Waals surface area (Å²) in [5.41, 5.74) is 0.955. The van der Waals surface area contributed by atoms with E-state index in [-0.39, 0.29) is 10.5 Å². The molecule has 0 aromatic carbocycles. The summed E-state index contributed by atoms with van der Waals surface area (Å²) in [5, 5.41) is 9.88. The molecule has 4 heteroatoms. The van der Waals surface area contributed by atoms with Crippen LogP contribution in [-0.4, -0.2) is 26.7 Å². The molecule has 1 heterocycles. The van der Waals surface area contributed by atoms with Gasteiger partial charge in [0, 0.05) is 5.70 Å². The first-order chi connectivity index (χ1) is 6.74. The lowest BCUT2D eigenvalue weighted by Gasteiger charge is -2.24. The van der Waals surface area contributed by atoms with E-state index in [4.69, 9.17) is 0 Å². The SMILES string of the molecule is CCC(O)N1C(=O)SC2CC=CC=C21. The maximum atomic E-state index is 11.6. The van der Waals surface area contributed by atoms with Gasteiger partial charge in [0.2, 0.25) is 0 Å². The number of hydrogen-bond donors (Lipinski definition) is 1. The van der Waals surface area contributed by atoms with E-state index >= 15 is 0 Å². The van der Waals surface area contributed by atoms with Gasteiger partial charge in [-0.3, -0.25) is 9.69 Å². The Hall–Kier alpha value is -0.740. The van der Waals surface area contributed by atoms with Crippen molar-refractivity contribution in [3.8, 4) is 0 Å². The predicted molar refractivity (Wildman–Crippen MR) is 56.8 cm³/mol. The van der Waals surface area contributed by atoms with Gasteiger partial charge in [0.25, 0.3) is 5.24 Å². The molecule has 14 heavy (non-hydrogen) atoms. The molecular weight excluding hydrogens is 198 g/mol. The Morgan fingerprint density at radius 2 is 2.57 bits per heavy atom. The molecule has 76 valence electrons.